The molecular formula is C15H23NO2S. The first-order valence-electron chi connectivity index (χ1n) is 6.92. The van der Waals surface area contributed by atoms with E-state index in [1.165, 1.54) is 19.3 Å². The van der Waals surface area contributed by atoms with E-state index in [9.17, 15) is 8.42 Å². The van der Waals surface area contributed by atoms with E-state index in [0.29, 0.717) is 16.4 Å². The van der Waals surface area contributed by atoms with E-state index in [4.69, 9.17) is 0 Å². The lowest BCUT2D eigenvalue weighted by atomic mass is 9.92. The van der Waals surface area contributed by atoms with Crippen LogP contribution in [0.25, 0.3) is 0 Å². The Morgan fingerprint density at radius 3 is 2.37 bits per heavy atom. The lowest BCUT2D eigenvalue weighted by Crippen LogP contribution is -2.17. The highest BCUT2D eigenvalue weighted by Crippen LogP contribution is 2.38. The highest BCUT2D eigenvalue weighted by molar-refractivity contribution is 7.91. The smallest absolute Gasteiger partial charge is 0.178 e. The van der Waals surface area contributed by atoms with Crippen LogP contribution < -0.4 is 5.32 Å². The Morgan fingerprint density at radius 2 is 1.89 bits per heavy atom. The van der Waals surface area contributed by atoms with E-state index in [1.54, 1.807) is 19.1 Å². The molecule has 1 saturated carbocycles. The van der Waals surface area contributed by atoms with E-state index in [1.807, 2.05) is 12.1 Å². The minimum atomic E-state index is -3.09. The topological polar surface area (TPSA) is 46.2 Å². The first kappa shape index (κ1) is 14.4. The number of benzene rings is 1. The molecule has 1 aliphatic rings. The lowest BCUT2D eigenvalue weighted by Gasteiger charge is -2.18. The van der Waals surface area contributed by atoms with Crippen LogP contribution in [0.3, 0.4) is 0 Å². The predicted octanol–water partition coefficient (Wildman–Crippen LogP) is 3.47. The SMILES string of the molecule is CCS(=O)(=O)c1ccc(NC2CCC(C)(C)C2)cc1. The predicted molar refractivity (Wildman–Crippen MR) is 79.2 cm³/mol. The third kappa shape index (κ3) is 3.50. The molecule has 106 valence electrons. The molecule has 0 spiro atoms. The van der Waals surface area contributed by atoms with E-state index < -0.39 is 9.84 Å². The summed E-state index contributed by atoms with van der Waals surface area (Å²) < 4.78 is 23.4. The molecule has 1 atom stereocenters. The summed E-state index contributed by atoms with van der Waals surface area (Å²) in [7, 11) is -3.09. The molecule has 1 fully saturated rings. The number of anilines is 1. The van der Waals surface area contributed by atoms with E-state index in [-0.39, 0.29) is 5.75 Å². The van der Waals surface area contributed by atoms with Crippen molar-refractivity contribution in [3.63, 3.8) is 0 Å². The molecule has 0 aromatic heterocycles. The van der Waals surface area contributed by atoms with Gasteiger partial charge in [0.25, 0.3) is 0 Å². The largest absolute Gasteiger partial charge is 0.382 e. The van der Waals surface area contributed by atoms with Crippen molar-refractivity contribution in [1.82, 2.24) is 0 Å². The summed E-state index contributed by atoms with van der Waals surface area (Å²) in [6.45, 7) is 6.26. The van der Waals surface area contributed by atoms with Crippen molar-refractivity contribution in [2.75, 3.05) is 11.1 Å². The summed E-state index contributed by atoms with van der Waals surface area (Å²) >= 11 is 0. The second-order valence-corrected chi connectivity index (χ2v) is 8.45. The first-order chi connectivity index (χ1) is 8.82. The molecular weight excluding hydrogens is 258 g/mol. The van der Waals surface area contributed by atoms with Crippen LogP contribution in [-0.4, -0.2) is 20.2 Å². The van der Waals surface area contributed by atoms with Crippen molar-refractivity contribution in [3.8, 4) is 0 Å². The lowest BCUT2D eigenvalue weighted by molar-refractivity contribution is 0.378. The third-order valence-electron chi connectivity index (χ3n) is 3.93. The molecule has 4 heteroatoms. The van der Waals surface area contributed by atoms with Gasteiger partial charge in [-0.05, 0) is 48.9 Å². The van der Waals surface area contributed by atoms with Crippen LogP contribution in [0, 0.1) is 5.41 Å². The fourth-order valence-corrected chi connectivity index (χ4v) is 3.60. The van der Waals surface area contributed by atoms with Gasteiger partial charge in [-0.1, -0.05) is 20.8 Å². The summed E-state index contributed by atoms with van der Waals surface area (Å²) in [6.07, 6.45) is 3.59. The summed E-state index contributed by atoms with van der Waals surface area (Å²) in [5, 5.41) is 3.50. The fourth-order valence-electron chi connectivity index (χ4n) is 2.72. The van der Waals surface area contributed by atoms with Crippen LogP contribution in [-0.2, 0) is 9.84 Å². The van der Waals surface area contributed by atoms with Crippen molar-refractivity contribution in [1.29, 1.82) is 0 Å². The molecule has 0 radical (unpaired) electrons. The third-order valence-corrected chi connectivity index (χ3v) is 5.68. The van der Waals surface area contributed by atoms with Crippen molar-refractivity contribution >= 4 is 15.5 Å². The Labute approximate surface area is 116 Å². The van der Waals surface area contributed by atoms with Crippen LogP contribution in [0.2, 0.25) is 0 Å². The maximum absolute atomic E-state index is 11.7. The van der Waals surface area contributed by atoms with Gasteiger partial charge in [0.05, 0.1) is 10.6 Å². The van der Waals surface area contributed by atoms with E-state index in [2.05, 4.69) is 19.2 Å². The number of hydrogen-bond donors (Lipinski definition) is 1. The van der Waals surface area contributed by atoms with Gasteiger partial charge in [-0.15, -0.1) is 0 Å². The van der Waals surface area contributed by atoms with E-state index >= 15 is 0 Å². The van der Waals surface area contributed by atoms with Crippen LogP contribution >= 0.6 is 0 Å². The van der Waals surface area contributed by atoms with Gasteiger partial charge >= 0.3 is 0 Å². The average molecular weight is 281 g/mol. The standard InChI is InChI=1S/C15H23NO2S/c1-4-19(17,18)14-7-5-12(6-8-14)16-13-9-10-15(2,3)11-13/h5-8,13,16H,4,9-11H2,1-3H3. The molecule has 2 rings (SSSR count). The molecule has 1 aromatic rings. The molecule has 3 nitrogen and oxygen atoms in total. The molecule has 0 heterocycles. The number of hydrogen-bond acceptors (Lipinski definition) is 3. The molecule has 1 aliphatic carbocycles. The first-order valence-corrected chi connectivity index (χ1v) is 8.57. The maximum atomic E-state index is 11.7. The Morgan fingerprint density at radius 1 is 1.26 bits per heavy atom. The van der Waals surface area contributed by atoms with Gasteiger partial charge in [-0.3, -0.25) is 0 Å². The zero-order valence-corrected chi connectivity index (χ0v) is 12.8. The maximum Gasteiger partial charge on any atom is 0.178 e. The Hall–Kier alpha value is -1.03. The average Bonchev–Trinajstić information content (AvgIpc) is 2.69. The molecule has 0 saturated heterocycles. The van der Waals surface area contributed by atoms with Crippen molar-refractivity contribution < 1.29 is 8.42 Å². The van der Waals surface area contributed by atoms with Crippen molar-refractivity contribution in [3.05, 3.63) is 24.3 Å². The second kappa shape index (κ2) is 5.16. The minimum absolute atomic E-state index is 0.149. The number of sulfone groups is 1. The summed E-state index contributed by atoms with van der Waals surface area (Å²) in [6, 6.07) is 7.63. The molecule has 1 aromatic carbocycles. The van der Waals surface area contributed by atoms with E-state index in [0.717, 1.165) is 5.69 Å². The zero-order valence-electron chi connectivity index (χ0n) is 11.9. The molecule has 0 aliphatic heterocycles. The van der Waals surface area contributed by atoms with Crippen LogP contribution in [0.4, 0.5) is 5.69 Å². The molecule has 19 heavy (non-hydrogen) atoms. The van der Waals surface area contributed by atoms with Crippen LogP contribution in [0.1, 0.15) is 40.0 Å². The normalized spacial score (nSPS) is 22.4. The molecule has 0 amide bonds. The summed E-state index contributed by atoms with van der Waals surface area (Å²) in [4.78, 5) is 0.410. The second-order valence-electron chi connectivity index (χ2n) is 6.18. The van der Waals surface area contributed by atoms with Gasteiger partial charge in [0, 0.05) is 11.7 Å². The highest BCUT2D eigenvalue weighted by atomic mass is 32.2. The minimum Gasteiger partial charge on any atom is -0.382 e. The van der Waals surface area contributed by atoms with Gasteiger partial charge in [0.1, 0.15) is 0 Å². The van der Waals surface area contributed by atoms with Gasteiger partial charge in [0.2, 0.25) is 0 Å². The molecule has 1 unspecified atom stereocenters. The van der Waals surface area contributed by atoms with Crippen LogP contribution in [0.15, 0.2) is 29.2 Å². The van der Waals surface area contributed by atoms with Crippen molar-refractivity contribution in [2.45, 2.75) is 51.0 Å². The van der Waals surface area contributed by atoms with Crippen LogP contribution in [0.5, 0.6) is 0 Å². The fraction of sp³-hybridized carbons (Fsp3) is 0.600. The molecule has 0 bridgehead atoms. The number of rotatable bonds is 4. The zero-order chi connectivity index (χ0) is 14.1. The monoisotopic (exact) mass is 281 g/mol. The summed E-state index contributed by atoms with van der Waals surface area (Å²) in [5.74, 6) is 0.149. The number of nitrogens with one attached hydrogen (secondary N) is 1. The van der Waals surface area contributed by atoms with Gasteiger partial charge in [-0.25, -0.2) is 8.42 Å². The highest BCUT2D eigenvalue weighted by Gasteiger charge is 2.30. The quantitative estimate of drug-likeness (QED) is 0.919. The van der Waals surface area contributed by atoms with Gasteiger partial charge < -0.3 is 5.32 Å². The Bertz CT molecular complexity index is 532. The van der Waals surface area contributed by atoms with Gasteiger partial charge in [0.15, 0.2) is 9.84 Å². The van der Waals surface area contributed by atoms with Crippen molar-refractivity contribution in [2.24, 2.45) is 5.41 Å². The summed E-state index contributed by atoms with van der Waals surface area (Å²) in [5.41, 5.74) is 1.43. The van der Waals surface area contributed by atoms with Gasteiger partial charge in [-0.2, -0.15) is 0 Å². The Balaban J connectivity index is 2.04. The Kier molecular flexibility index (Phi) is 3.90. The molecule has 1 N–H and O–H groups in total.